The first-order chi connectivity index (χ1) is 14.4. The van der Waals surface area contributed by atoms with Gasteiger partial charge >= 0.3 is 0 Å². The summed E-state index contributed by atoms with van der Waals surface area (Å²) in [4.78, 5) is 32.6. The number of hydrogen-bond donors (Lipinski definition) is 2. The van der Waals surface area contributed by atoms with E-state index in [1.807, 2.05) is 16.4 Å². The van der Waals surface area contributed by atoms with Gasteiger partial charge in [-0.3, -0.25) is 14.0 Å². The zero-order valence-electron chi connectivity index (χ0n) is 16.6. The van der Waals surface area contributed by atoms with Crippen molar-refractivity contribution in [1.29, 1.82) is 0 Å². The number of pyridine rings is 1. The van der Waals surface area contributed by atoms with Crippen LogP contribution >= 0.6 is 11.5 Å². The van der Waals surface area contributed by atoms with Crippen LogP contribution in [0, 0.1) is 11.7 Å². The zero-order chi connectivity index (χ0) is 21.2. The quantitative estimate of drug-likeness (QED) is 0.616. The summed E-state index contributed by atoms with van der Waals surface area (Å²) in [6.07, 6.45) is 1.93. The number of oxime groups is 1. The standard InChI is InChI=1S/C20H22FN5O3S/c1-9(22)12-7-25(8-14(12)23-29-2)16-6-15-11(5-13(16)21)18(27)17-19(28)24-30-20(17)26(15)10-3-4-10/h5-6,9-10,12H,3-4,7-8,22H2,1-2H3,(H,24,28)/b23-14+. The van der Waals surface area contributed by atoms with E-state index < -0.39 is 16.8 Å². The van der Waals surface area contributed by atoms with Gasteiger partial charge in [0.05, 0.1) is 23.5 Å². The van der Waals surface area contributed by atoms with Crippen molar-refractivity contribution >= 4 is 44.1 Å². The minimum Gasteiger partial charge on any atom is -0.399 e. The Bertz CT molecular complexity index is 1300. The van der Waals surface area contributed by atoms with E-state index in [-0.39, 0.29) is 28.8 Å². The molecule has 1 aromatic carbocycles. The van der Waals surface area contributed by atoms with Crippen LogP contribution in [0.1, 0.15) is 25.8 Å². The van der Waals surface area contributed by atoms with Crippen LogP contribution in [0.25, 0.3) is 21.1 Å². The van der Waals surface area contributed by atoms with E-state index in [2.05, 4.69) is 9.53 Å². The lowest BCUT2D eigenvalue weighted by molar-refractivity contribution is 0.211. The van der Waals surface area contributed by atoms with Crippen molar-refractivity contribution in [1.82, 2.24) is 8.94 Å². The van der Waals surface area contributed by atoms with Crippen molar-refractivity contribution in [2.75, 3.05) is 25.1 Å². The van der Waals surface area contributed by atoms with Gasteiger partial charge in [-0.25, -0.2) is 4.39 Å². The first-order valence-electron chi connectivity index (χ1n) is 9.90. The van der Waals surface area contributed by atoms with Crippen molar-refractivity contribution < 1.29 is 9.23 Å². The second-order valence-electron chi connectivity index (χ2n) is 8.08. The van der Waals surface area contributed by atoms with Crippen molar-refractivity contribution in [3.63, 3.8) is 0 Å². The number of rotatable bonds is 4. The maximum absolute atomic E-state index is 15.2. The second-order valence-corrected chi connectivity index (χ2v) is 8.87. The van der Waals surface area contributed by atoms with E-state index in [0.29, 0.717) is 29.1 Å². The molecule has 3 heterocycles. The van der Waals surface area contributed by atoms with Gasteiger partial charge in [0.15, 0.2) is 0 Å². The number of aromatic nitrogens is 2. The molecule has 2 fully saturated rings. The Labute approximate surface area is 174 Å². The minimum absolute atomic E-state index is 0.0527. The largest absolute Gasteiger partial charge is 0.399 e. The van der Waals surface area contributed by atoms with Gasteiger partial charge in [-0.1, -0.05) is 5.16 Å². The normalized spacial score (nSPS) is 21.8. The molecule has 1 aliphatic carbocycles. The van der Waals surface area contributed by atoms with Crippen LogP contribution in [0.2, 0.25) is 0 Å². The molecule has 1 aliphatic heterocycles. The number of H-pyrrole nitrogens is 1. The average molecular weight is 431 g/mol. The number of aromatic amines is 1. The smallest absolute Gasteiger partial charge is 0.271 e. The number of fused-ring (bicyclic) bond motifs is 2. The molecule has 2 aromatic heterocycles. The second kappa shape index (κ2) is 6.92. The Morgan fingerprint density at radius 3 is 2.80 bits per heavy atom. The Hall–Kier alpha value is -2.72. The summed E-state index contributed by atoms with van der Waals surface area (Å²) < 4.78 is 19.9. The lowest BCUT2D eigenvalue weighted by atomic mass is 10.00. The molecular formula is C20H22FN5O3S. The highest BCUT2D eigenvalue weighted by atomic mass is 32.1. The van der Waals surface area contributed by atoms with Crippen LogP contribution in [0.15, 0.2) is 26.9 Å². The Balaban J connectivity index is 1.72. The molecule has 0 radical (unpaired) electrons. The molecule has 3 aromatic rings. The molecule has 30 heavy (non-hydrogen) atoms. The maximum Gasteiger partial charge on any atom is 0.271 e. The summed E-state index contributed by atoms with van der Waals surface area (Å²) in [6.45, 7) is 2.80. The molecule has 2 unspecified atom stereocenters. The summed E-state index contributed by atoms with van der Waals surface area (Å²) in [5, 5.41) is 4.43. The van der Waals surface area contributed by atoms with E-state index in [1.54, 1.807) is 6.07 Å². The van der Waals surface area contributed by atoms with Crippen LogP contribution in [0.5, 0.6) is 0 Å². The van der Waals surface area contributed by atoms with E-state index in [9.17, 15) is 9.59 Å². The Kier molecular flexibility index (Phi) is 4.44. The highest BCUT2D eigenvalue weighted by Crippen LogP contribution is 2.41. The van der Waals surface area contributed by atoms with Crippen LogP contribution in [0.3, 0.4) is 0 Å². The number of nitrogens with one attached hydrogen (secondary N) is 1. The van der Waals surface area contributed by atoms with Gasteiger partial charge in [0, 0.05) is 29.9 Å². The fourth-order valence-electron chi connectivity index (χ4n) is 4.36. The number of hydrogen-bond acceptors (Lipinski definition) is 7. The summed E-state index contributed by atoms with van der Waals surface area (Å²) in [5.41, 5.74) is 7.08. The number of anilines is 1. The third-order valence-electron chi connectivity index (χ3n) is 5.99. The summed E-state index contributed by atoms with van der Waals surface area (Å²) in [5.74, 6) is -0.557. The molecule has 2 aliphatic rings. The lowest BCUT2D eigenvalue weighted by Crippen LogP contribution is -2.33. The van der Waals surface area contributed by atoms with E-state index in [1.165, 1.54) is 13.2 Å². The van der Waals surface area contributed by atoms with E-state index in [0.717, 1.165) is 30.1 Å². The highest BCUT2D eigenvalue weighted by Gasteiger charge is 2.35. The first kappa shape index (κ1) is 19.3. The number of nitrogens with two attached hydrogens (primary N) is 1. The van der Waals surface area contributed by atoms with Gasteiger partial charge < -0.3 is 20.0 Å². The number of halogens is 1. The summed E-state index contributed by atoms with van der Waals surface area (Å²) >= 11 is 1.16. The van der Waals surface area contributed by atoms with Crippen LogP contribution < -0.4 is 21.6 Å². The monoisotopic (exact) mass is 431 g/mol. The number of nitrogens with zero attached hydrogens (tertiary/aromatic N) is 3. The lowest BCUT2D eigenvalue weighted by Gasteiger charge is -2.21. The van der Waals surface area contributed by atoms with Crippen molar-refractivity contribution in [3.05, 3.63) is 38.5 Å². The van der Waals surface area contributed by atoms with E-state index in [4.69, 9.17) is 10.6 Å². The summed E-state index contributed by atoms with van der Waals surface area (Å²) in [6, 6.07) is 3.03. The molecule has 8 nitrogen and oxygen atoms in total. The minimum atomic E-state index is -0.505. The fourth-order valence-corrected chi connectivity index (χ4v) is 5.29. The van der Waals surface area contributed by atoms with Gasteiger partial charge in [0.1, 0.15) is 23.1 Å². The molecule has 10 heteroatoms. The Morgan fingerprint density at radius 1 is 1.37 bits per heavy atom. The van der Waals surface area contributed by atoms with Crippen LogP contribution in [0.4, 0.5) is 10.1 Å². The molecule has 1 saturated carbocycles. The van der Waals surface area contributed by atoms with Crippen LogP contribution in [-0.4, -0.2) is 40.9 Å². The molecule has 3 N–H and O–H groups in total. The summed E-state index contributed by atoms with van der Waals surface area (Å²) in [7, 11) is 1.48. The third-order valence-corrected chi connectivity index (χ3v) is 6.87. The Morgan fingerprint density at radius 2 is 2.13 bits per heavy atom. The van der Waals surface area contributed by atoms with E-state index >= 15 is 4.39 Å². The molecular weight excluding hydrogens is 409 g/mol. The van der Waals surface area contributed by atoms with Gasteiger partial charge in [-0.15, -0.1) is 0 Å². The topological polar surface area (TPSA) is 106 Å². The van der Waals surface area contributed by atoms with Crippen LogP contribution in [-0.2, 0) is 4.84 Å². The third kappa shape index (κ3) is 2.85. The van der Waals surface area contributed by atoms with Crippen molar-refractivity contribution in [3.8, 4) is 0 Å². The molecule has 158 valence electrons. The number of benzene rings is 1. The predicted molar refractivity (Wildman–Crippen MR) is 116 cm³/mol. The molecule has 5 rings (SSSR count). The van der Waals surface area contributed by atoms with Gasteiger partial charge in [0.25, 0.3) is 5.56 Å². The fraction of sp³-hybridized carbons (Fsp3) is 0.450. The van der Waals surface area contributed by atoms with Gasteiger partial charge in [-0.2, -0.15) is 0 Å². The maximum atomic E-state index is 15.2. The molecule has 2 atom stereocenters. The van der Waals surface area contributed by atoms with Gasteiger partial charge in [0.2, 0.25) is 5.43 Å². The zero-order valence-corrected chi connectivity index (χ0v) is 17.5. The van der Waals surface area contributed by atoms with Crippen molar-refractivity contribution in [2.45, 2.75) is 31.8 Å². The van der Waals surface area contributed by atoms with Crippen molar-refractivity contribution in [2.24, 2.45) is 16.8 Å². The SMILES string of the molecule is CO/N=C1\CN(c2cc3c(cc2F)c(=O)c2c(=O)[nH]sc2n3C2CC2)CC1C(C)N. The first-order valence-corrected chi connectivity index (χ1v) is 10.7. The molecule has 0 spiro atoms. The molecule has 0 amide bonds. The highest BCUT2D eigenvalue weighted by molar-refractivity contribution is 7.12. The molecule has 1 saturated heterocycles. The molecule has 0 bridgehead atoms. The average Bonchev–Trinajstić information content (AvgIpc) is 3.33. The van der Waals surface area contributed by atoms with Gasteiger partial charge in [-0.05, 0) is 43.4 Å². The predicted octanol–water partition coefficient (Wildman–Crippen LogP) is 2.16.